The van der Waals surface area contributed by atoms with Crippen molar-refractivity contribution in [2.24, 2.45) is 0 Å². The minimum absolute atomic E-state index is 0.139. The molecular formula is C20H15FN2O5S. The lowest BCUT2D eigenvalue weighted by Gasteiger charge is -2.08. The maximum Gasteiger partial charge on any atom is 0.341 e. The number of benzene rings is 2. The van der Waals surface area contributed by atoms with Gasteiger partial charge in [0.25, 0.3) is 5.69 Å². The van der Waals surface area contributed by atoms with Crippen LogP contribution >= 0.6 is 11.3 Å². The summed E-state index contributed by atoms with van der Waals surface area (Å²) in [5.74, 6) is -1.59. The van der Waals surface area contributed by atoms with Gasteiger partial charge in [0.15, 0.2) is 0 Å². The molecule has 0 saturated carbocycles. The van der Waals surface area contributed by atoms with Gasteiger partial charge in [-0.3, -0.25) is 14.9 Å². The van der Waals surface area contributed by atoms with Crippen molar-refractivity contribution in [2.75, 3.05) is 12.4 Å². The van der Waals surface area contributed by atoms with Gasteiger partial charge in [-0.2, -0.15) is 0 Å². The van der Waals surface area contributed by atoms with Gasteiger partial charge in [-0.15, -0.1) is 11.3 Å². The molecule has 0 saturated heterocycles. The predicted octanol–water partition coefficient (Wildman–Crippen LogP) is 4.43. The van der Waals surface area contributed by atoms with Crippen LogP contribution in [0.15, 0.2) is 53.9 Å². The number of hydrogen-bond donors (Lipinski definition) is 1. The Morgan fingerprint density at radius 1 is 1.17 bits per heavy atom. The quantitative estimate of drug-likeness (QED) is 0.365. The number of hydrogen-bond acceptors (Lipinski definition) is 6. The zero-order chi connectivity index (χ0) is 21.0. The van der Waals surface area contributed by atoms with E-state index < -0.39 is 22.6 Å². The number of nitrogens with zero attached hydrogens (tertiary/aromatic N) is 1. The van der Waals surface area contributed by atoms with E-state index in [-0.39, 0.29) is 28.2 Å². The highest BCUT2D eigenvalue weighted by molar-refractivity contribution is 7.15. The second-order valence-electron chi connectivity index (χ2n) is 5.96. The van der Waals surface area contributed by atoms with Crippen molar-refractivity contribution in [3.05, 3.63) is 81.0 Å². The average molecular weight is 414 g/mol. The third kappa shape index (κ3) is 4.46. The summed E-state index contributed by atoms with van der Waals surface area (Å²) in [6.07, 6.45) is -0.235. The molecule has 0 aliphatic heterocycles. The Labute approximate surface area is 168 Å². The number of nitrogens with one attached hydrogen (secondary N) is 1. The number of thiophene rings is 1. The molecule has 29 heavy (non-hydrogen) atoms. The Balaban J connectivity index is 1.89. The minimum atomic E-state index is -0.661. The molecule has 3 aromatic rings. The predicted molar refractivity (Wildman–Crippen MR) is 106 cm³/mol. The van der Waals surface area contributed by atoms with Crippen molar-refractivity contribution < 1.29 is 23.6 Å². The van der Waals surface area contributed by atoms with Crippen LogP contribution in [0.1, 0.15) is 15.9 Å². The van der Waals surface area contributed by atoms with E-state index in [0.29, 0.717) is 11.1 Å². The van der Waals surface area contributed by atoms with Crippen LogP contribution in [0, 0.1) is 15.9 Å². The van der Waals surface area contributed by atoms with Crippen molar-refractivity contribution in [3.8, 4) is 11.1 Å². The standard InChI is InChI=1S/C20H15FN2O5S/c1-28-20(25)18-15(12-6-8-14(21)9-7-12)11-29-19(18)22-17(24)10-13-4-2-3-5-16(13)23(26)27/h2-9,11H,10H2,1H3,(H,22,24). The van der Waals surface area contributed by atoms with Gasteiger partial charge in [-0.05, 0) is 17.7 Å². The Morgan fingerprint density at radius 2 is 1.86 bits per heavy atom. The van der Waals surface area contributed by atoms with Crippen molar-refractivity contribution in [3.63, 3.8) is 0 Å². The van der Waals surface area contributed by atoms with E-state index in [1.54, 1.807) is 11.4 Å². The zero-order valence-corrected chi connectivity index (χ0v) is 16.0. The summed E-state index contributed by atoms with van der Waals surface area (Å²) in [7, 11) is 1.22. The fourth-order valence-electron chi connectivity index (χ4n) is 2.78. The number of carbonyl (C=O) groups excluding carboxylic acids is 2. The number of nitro benzene ring substituents is 1. The van der Waals surface area contributed by atoms with Crippen LogP contribution in [0.2, 0.25) is 0 Å². The van der Waals surface area contributed by atoms with E-state index in [1.807, 2.05) is 0 Å². The van der Waals surface area contributed by atoms with Gasteiger partial charge in [-0.1, -0.05) is 30.3 Å². The third-order valence-electron chi connectivity index (χ3n) is 4.13. The molecule has 148 valence electrons. The summed E-state index contributed by atoms with van der Waals surface area (Å²) in [4.78, 5) is 35.4. The molecular weight excluding hydrogens is 399 g/mol. The molecule has 0 radical (unpaired) electrons. The summed E-state index contributed by atoms with van der Waals surface area (Å²) in [6, 6.07) is 11.5. The van der Waals surface area contributed by atoms with Gasteiger partial charge in [-0.25, -0.2) is 9.18 Å². The van der Waals surface area contributed by atoms with Crippen molar-refractivity contribution in [1.82, 2.24) is 0 Å². The Kier molecular flexibility index (Phi) is 5.99. The highest BCUT2D eigenvalue weighted by Crippen LogP contribution is 2.36. The first-order chi connectivity index (χ1) is 13.9. The molecule has 0 spiro atoms. The summed E-state index contributed by atoms with van der Waals surface area (Å²) < 4.78 is 18.0. The summed E-state index contributed by atoms with van der Waals surface area (Å²) in [5.41, 5.74) is 1.31. The maximum atomic E-state index is 13.2. The first-order valence-electron chi connectivity index (χ1n) is 8.38. The molecule has 0 fully saturated rings. The van der Waals surface area contributed by atoms with Gasteiger partial charge in [0.1, 0.15) is 16.4 Å². The number of carbonyl (C=O) groups is 2. The van der Waals surface area contributed by atoms with Gasteiger partial charge >= 0.3 is 5.97 Å². The smallest absolute Gasteiger partial charge is 0.341 e. The van der Waals surface area contributed by atoms with Crippen molar-refractivity contribution in [1.29, 1.82) is 0 Å². The fraction of sp³-hybridized carbons (Fsp3) is 0.100. The lowest BCUT2D eigenvalue weighted by atomic mass is 10.0. The summed E-state index contributed by atoms with van der Waals surface area (Å²) in [5, 5.41) is 15.6. The van der Waals surface area contributed by atoms with Crippen LogP contribution in [0.3, 0.4) is 0 Å². The Hall–Kier alpha value is -3.59. The number of amides is 1. The van der Waals surface area contributed by atoms with E-state index >= 15 is 0 Å². The molecule has 1 aromatic heterocycles. The molecule has 3 rings (SSSR count). The topological polar surface area (TPSA) is 98.5 Å². The molecule has 0 unspecified atom stereocenters. The molecule has 0 bridgehead atoms. The zero-order valence-electron chi connectivity index (χ0n) is 15.2. The number of rotatable bonds is 6. The molecule has 1 amide bonds. The normalized spacial score (nSPS) is 10.4. The van der Waals surface area contributed by atoms with E-state index in [9.17, 15) is 24.1 Å². The van der Waals surface area contributed by atoms with Gasteiger partial charge in [0.05, 0.1) is 18.5 Å². The molecule has 0 aliphatic rings. The van der Waals surface area contributed by atoms with E-state index in [2.05, 4.69) is 5.32 Å². The highest BCUT2D eigenvalue weighted by Gasteiger charge is 2.23. The second-order valence-corrected chi connectivity index (χ2v) is 6.84. The Bertz CT molecular complexity index is 1080. The monoisotopic (exact) mass is 414 g/mol. The SMILES string of the molecule is COC(=O)c1c(-c2ccc(F)cc2)csc1NC(=O)Cc1ccccc1[N+](=O)[O-]. The first kappa shape index (κ1) is 20.2. The minimum Gasteiger partial charge on any atom is -0.465 e. The van der Waals surface area contributed by atoms with Gasteiger partial charge < -0.3 is 10.1 Å². The number of methoxy groups -OCH3 is 1. The average Bonchev–Trinajstić information content (AvgIpc) is 3.11. The summed E-state index contributed by atoms with van der Waals surface area (Å²) in [6.45, 7) is 0. The van der Waals surface area contributed by atoms with Gasteiger partial charge in [0, 0.05) is 22.6 Å². The lowest BCUT2D eigenvalue weighted by molar-refractivity contribution is -0.385. The van der Waals surface area contributed by atoms with Crippen LogP contribution < -0.4 is 5.32 Å². The number of para-hydroxylation sites is 1. The van der Waals surface area contributed by atoms with Crippen LogP contribution in [-0.4, -0.2) is 23.9 Å². The number of nitro groups is 1. The summed E-state index contributed by atoms with van der Waals surface area (Å²) >= 11 is 1.11. The molecule has 0 atom stereocenters. The molecule has 2 aromatic carbocycles. The molecule has 7 nitrogen and oxygen atoms in total. The van der Waals surface area contributed by atoms with Crippen LogP contribution in [0.25, 0.3) is 11.1 Å². The number of anilines is 1. The largest absolute Gasteiger partial charge is 0.465 e. The molecule has 1 N–H and O–H groups in total. The van der Waals surface area contributed by atoms with Crippen molar-refractivity contribution in [2.45, 2.75) is 6.42 Å². The van der Waals surface area contributed by atoms with Crippen molar-refractivity contribution >= 4 is 33.9 Å². The lowest BCUT2D eigenvalue weighted by Crippen LogP contribution is -2.16. The van der Waals surface area contributed by atoms with Crippen LogP contribution in [0.5, 0.6) is 0 Å². The number of halogens is 1. The molecule has 1 heterocycles. The number of esters is 1. The van der Waals surface area contributed by atoms with Crippen LogP contribution in [-0.2, 0) is 16.0 Å². The number of ether oxygens (including phenoxy) is 1. The van der Waals surface area contributed by atoms with Crippen LogP contribution in [0.4, 0.5) is 15.1 Å². The first-order valence-corrected chi connectivity index (χ1v) is 9.26. The van der Waals surface area contributed by atoms with E-state index in [1.165, 1.54) is 49.6 Å². The van der Waals surface area contributed by atoms with Gasteiger partial charge in [0.2, 0.25) is 5.91 Å². The van der Waals surface area contributed by atoms with E-state index in [0.717, 1.165) is 11.3 Å². The Morgan fingerprint density at radius 3 is 2.52 bits per heavy atom. The third-order valence-corrected chi connectivity index (χ3v) is 5.02. The second kappa shape index (κ2) is 8.61. The molecule has 9 heteroatoms. The maximum absolute atomic E-state index is 13.2. The molecule has 0 aliphatic carbocycles. The fourth-order valence-corrected chi connectivity index (χ4v) is 3.75. The highest BCUT2D eigenvalue weighted by atomic mass is 32.1. The van der Waals surface area contributed by atoms with E-state index in [4.69, 9.17) is 4.74 Å².